The van der Waals surface area contributed by atoms with E-state index in [2.05, 4.69) is 15.6 Å². The van der Waals surface area contributed by atoms with Gasteiger partial charge in [0.25, 0.3) is 0 Å². The first kappa shape index (κ1) is 17.7. The SMILES string of the molecule is CN=C(NCc1cc(F)ccc1F)NCC(C)Oc1ccccc1. The largest absolute Gasteiger partial charge is 0.489 e. The molecule has 1 unspecified atom stereocenters. The second-order valence-electron chi connectivity index (χ2n) is 5.28. The molecule has 0 aliphatic rings. The number of nitrogens with one attached hydrogen (secondary N) is 2. The van der Waals surface area contributed by atoms with Crippen molar-refractivity contribution in [2.45, 2.75) is 19.6 Å². The van der Waals surface area contributed by atoms with E-state index in [1.165, 1.54) is 0 Å². The molecule has 2 N–H and O–H groups in total. The Morgan fingerprint density at radius 2 is 1.88 bits per heavy atom. The number of benzene rings is 2. The van der Waals surface area contributed by atoms with Crippen molar-refractivity contribution in [2.24, 2.45) is 4.99 Å². The molecule has 6 heteroatoms. The predicted molar refractivity (Wildman–Crippen MR) is 91.1 cm³/mol. The number of aliphatic imine (C=N–C) groups is 1. The van der Waals surface area contributed by atoms with Crippen LogP contribution in [0.5, 0.6) is 5.75 Å². The van der Waals surface area contributed by atoms with E-state index in [1.54, 1.807) is 7.05 Å². The predicted octanol–water partition coefficient (Wildman–Crippen LogP) is 3.10. The molecule has 2 rings (SSSR count). The quantitative estimate of drug-likeness (QED) is 0.631. The molecule has 2 aromatic carbocycles. The van der Waals surface area contributed by atoms with Gasteiger partial charge in [0.05, 0.1) is 6.54 Å². The van der Waals surface area contributed by atoms with Crippen LogP contribution in [-0.4, -0.2) is 25.7 Å². The van der Waals surface area contributed by atoms with E-state index in [-0.39, 0.29) is 18.2 Å². The summed E-state index contributed by atoms with van der Waals surface area (Å²) in [5.74, 6) is 0.347. The van der Waals surface area contributed by atoms with E-state index in [4.69, 9.17) is 4.74 Å². The summed E-state index contributed by atoms with van der Waals surface area (Å²) in [6, 6.07) is 12.9. The first-order chi connectivity index (χ1) is 11.6. The van der Waals surface area contributed by atoms with Gasteiger partial charge in [0.1, 0.15) is 23.5 Å². The maximum Gasteiger partial charge on any atom is 0.191 e. The van der Waals surface area contributed by atoms with Gasteiger partial charge in [-0.2, -0.15) is 0 Å². The molecule has 0 aromatic heterocycles. The van der Waals surface area contributed by atoms with Crippen LogP contribution in [-0.2, 0) is 6.54 Å². The number of halogens is 2. The van der Waals surface area contributed by atoms with Gasteiger partial charge in [0.15, 0.2) is 5.96 Å². The summed E-state index contributed by atoms with van der Waals surface area (Å²) in [4.78, 5) is 4.06. The summed E-state index contributed by atoms with van der Waals surface area (Å²) in [5.41, 5.74) is 0.242. The van der Waals surface area contributed by atoms with Gasteiger partial charge in [-0.15, -0.1) is 0 Å². The molecule has 24 heavy (non-hydrogen) atoms. The molecule has 0 heterocycles. The molecule has 0 bridgehead atoms. The molecule has 0 saturated heterocycles. The summed E-state index contributed by atoms with van der Waals surface area (Å²) in [5, 5.41) is 6.04. The maximum atomic E-state index is 13.6. The van der Waals surface area contributed by atoms with Gasteiger partial charge in [-0.1, -0.05) is 18.2 Å². The fourth-order valence-electron chi connectivity index (χ4n) is 2.09. The minimum Gasteiger partial charge on any atom is -0.489 e. The molecule has 1 atom stereocenters. The van der Waals surface area contributed by atoms with E-state index in [0.717, 1.165) is 23.9 Å². The maximum absolute atomic E-state index is 13.6. The average molecular weight is 333 g/mol. The second kappa shape index (κ2) is 8.86. The van der Waals surface area contributed by atoms with Crippen LogP contribution in [0.15, 0.2) is 53.5 Å². The third kappa shape index (κ3) is 5.53. The van der Waals surface area contributed by atoms with Gasteiger partial charge in [0.2, 0.25) is 0 Å². The van der Waals surface area contributed by atoms with Crippen molar-refractivity contribution in [3.05, 3.63) is 65.7 Å². The molecule has 0 saturated carbocycles. The molecule has 0 aliphatic carbocycles. The van der Waals surface area contributed by atoms with Crippen molar-refractivity contribution in [3.8, 4) is 5.75 Å². The molecule has 0 radical (unpaired) electrons. The van der Waals surface area contributed by atoms with Crippen molar-refractivity contribution >= 4 is 5.96 Å². The Kier molecular flexibility index (Phi) is 6.54. The van der Waals surface area contributed by atoms with E-state index >= 15 is 0 Å². The zero-order valence-electron chi connectivity index (χ0n) is 13.7. The molecule has 2 aromatic rings. The van der Waals surface area contributed by atoms with Crippen LogP contribution in [0.4, 0.5) is 8.78 Å². The number of rotatable bonds is 6. The van der Waals surface area contributed by atoms with Gasteiger partial charge in [-0.25, -0.2) is 8.78 Å². The Balaban J connectivity index is 1.81. The topological polar surface area (TPSA) is 45.7 Å². The Hall–Kier alpha value is -2.63. The smallest absolute Gasteiger partial charge is 0.191 e. The van der Waals surface area contributed by atoms with Gasteiger partial charge in [0, 0.05) is 19.2 Å². The highest BCUT2D eigenvalue weighted by molar-refractivity contribution is 5.79. The number of hydrogen-bond donors (Lipinski definition) is 2. The Morgan fingerprint density at radius 1 is 1.12 bits per heavy atom. The summed E-state index contributed by atoms with van der Waals surface area (Å²) in [7, 11) is 1.61. The molecule has 0 aliphatic heterocycles. The van der Waals surface area contributed by atoms with Crippen LogP contribution in [0.2, 0.25) is 0 Å². The minimum absolute atomic E-state index is 0.0862. The van der Waals surface area contributed by atoms with Crippen molar-refractivity contribution < 1.29 is 13.5 Å². The summed E-state index contributed by atoms with van der Waals surface area (Å²) < 4.78 is 32.5. The summed E-state index contributed by atoms with van der Waals surface area (Å²) in [6.07, 6.45) is -0.0862. The van der Waals surface area contributed by atoms with Crippen molar-refractivity contribution in [1.82, 2.24) is 10.6 Å². The Labute approximate surface area is 140 Å². The summed E-state index contributed by atoms with van der Waals surface area (Å²) in [6.45, 7) is 2.58. The Bertz CT molecular complexity index is 677. The van der Waals surface area contributed by atoms with Crippen LogP contribution >= 0.6 is 0 Å². The fourth-order valence-corrected chi connectivity index (χ4v) is 2.09. The van der Waals surface area contributed by atoms with Crippen LogP contribution in [0.3, 0.4) is 0 Å². The lowest BCUT2D eigenvalue weighted by Crippen LogP contribution is -2.41. The fraction of sp³-hybridized carbons (Fsp3) is 0.278. The lowest BCUT2D eigenvalue weighted by molar-refractivity contribution is 0.224. The molecule has 0 spiro atoms. The highest BCUT2D eigenvalue weighted by Gasteiger charge is 2.07. The Morgan fingerprint density at radius 3 is 2.58 bits per heavy atom. The van der Waals surface area contributed by atoms with Crippen molar-refractivity contribution in [1.29, 1.82) is 0 Å². The number of para-hydroxylation sites is 1. The van der Waals surface area contributed by atoms with E-state index < -0.39 is 11.6 Å². The van der Waals surface area contributed by atoms with Gasteiger partial charge < -0.3 is 15.4 Å². The summed E-state index contributed by atoms with van der Waals surface area (Å²) >= 11 is 0. The monoisotopic (exact) mass is 333 g/mol. The zero-order valence-corrected chi connectivity index (χ0v) is 13.7. The minimum atomic E-state index is -0.471. The molecule has 0 amide bonds. The lowest BCUT2D eigenvalue weighted by atomic mass is 10.2. The normalized spacial score (nSPS) is 12.6. The van der Waals surface area contributed by atoms with E-state index in [0.29, 0.717) is 12.5 Å². The van der Waals surface area contributed by atoms with Gasteiger partial charge in [-0.3, -0.25) is 4.99 Å². The average Bonchev–Trinajstić information content (AvgIpc) is 2.58. The molecular weight excluding hydrogens is 312 g/mol. The van der Waals surface area contributed by atoms with Crippen LogP contribution in [0.25, 0.3) is 0 Å². The lowest BCUT2D eigenvalue weighted by Gasteiger charge is -2.18. The van der Waals surface area contributed by atoms with E-state index in [1.807, 2.05) is 37.3 Å². The van der Waals surface area contributed by atoms with Crippen LogP contribution in [0, 0.1) is 11.6 Å². The van der Waals surface area contributed by atoms with Crippen LogP contribution < -0.4 is 15.4 Å². The van der Waals surface area contributed by atoms with Crippen molar-refractivity contribution in [3.63, 3.8) is 0 Å². The number of nitrogens with zero attached hydrogens (tertiary/aromatic N) is 1. The number of ether oxygens (including phenoxy) is 1. The second-order valence-corrected chi connectivity index (χ2v) is 5.28. The van der Waals surface area contributed by atoms with Crippen LogP contribution in [0.1, 0.15) is 12.5 Å². The molecular formula is C18H21F2N3O. The first-order valence-corrected chi connectivity index (χ1v) is 7.68. The van der Waals surface area contributed by atoms with Gasteiger partial charge >= 0.3 is 0 Å². The van der Waals surface area contributed by atoms with E-state index in [9.17, 15) is 8.78 Å². The third-order valence-electron chi connectivity index (χ3n) is 3.32. The third-order valence-corrected chi connectivity index (χ3v) is 3.32. The number of guanidine groups is 1. The highest BCUT2D eigenvalue weighted by atomic mass is 19.1. The molecule has 128 valence electrons. The number of hydrogen-bond acceptors (Lipinski definition) is 2. The molecule has 4 nitrogen and oxygen atoms in total. The van der Waals surface area contributed by atoms with Gasteiger partial charge in [-0.05, 0) is 37.3 Å². The van der Waals surface area contributed by atoms with Crippen molar-refractivity contribution in [2.75, 3.05) is 13.6 Å². The molecule has 0 fully saturated rings. The zero-order chi connectivity index (χ0) is 17.4. The first-order valence-electron chi connectivity index (χ1n) is 7.68. The standard InChI is InChI=1S/C18H21F2N3O/c1-13(24-16-6-4-3-5-7-16)11-22-18(21-2)23-12-14-10-15(19)8-9-17(14)20/h3-10,13H,11-12H2,1-2H3,(H2,21,22,23). The highest BCUT2D eigenvalue weighted by Crippen LogP contribution is 2.10.